The monoisotopic (exact) mass is 324 g/mol. The lowest BCUT2D eigenvalue weighted by Crippen LogP contribution is -1.93. The standard InChI is InChI=1S/C15H17BrOS/c1-10-8-15(18-11(10)2)14(16)9-12-4-6-13(17-3)7-5-12/h4-8,14H,9H2,1-3H3. The van der Waals surface area contributed by atoms with Gasteiger partial charge in [0.2, 0.25) is 0 Å². The molecular weight excluding hydrogens is 308 g/mol. The number of halogens is 1. The number of hydrogen-bond acceptors (Lipinski definition) is 2. The molecule has 0 aliphatic heterocycles. The summed E-state index contributed by atoms with van der Waals surface area (Å²) < 4.78 is 5.17. The second-order valence-corrected chi connectivity index (χ2v) is 6.80. The van der Waals surface area contributed by atoms with Gasteiger partial charge in [-0.25, -0.2) is 0 Å². The Morgan fingerprint density at radius 1 is 1.22 bits per heavy atom. The second kappa shape index (κ2) is 5.89. The van der Waals surface area contributed by atoms with E-state index < -0.39 is 0 Å². The number of hydrogen-bond donors (Lipinski definition) is 0. The number of rotatable bonds is 4. The van der Waals surface area contributed by atoms with E-state index in [4.69, 9.17) is 4.74 Å². The van der Waals surface area contributed by atoms with Gasteiger partial charge in [0, 0.05) is 9.75 Å². The maximum atomic E-state index is 5.17. The van der Waals surface area contributed by atoms with E-state index in [0.717, 1.165) is 12.2 Å². The Kier molecular flexibility index (Phi) is 4.46. The van der Waals surface area contributed by atoms with Gasteiger partial charge in [0.15, 0.2) is 0 Å². The zero-order valence-corrected chi connectivity index (χ0v) is 13.3. The predicted octanol–water partition coefficient (Wildman–Crippen LogP) is 5.05. The summed E-state index contributed by atoms with van der Waals surface area (Å²) >= 11 is 5.66. The van der Waals surface area contributed by atoms with Crippen molar-refractivity contribution in [3.8, 4) is 5.75 Å². The van der Waals surface area contributed by atoms with E-state index in [1.807, 2.05) is 23.5 Å². The maximum absolute atomic E-state index is 5.17. The van der Waals surface area contributed by atoms with Crippen molar-refractivity contribution in [1.29, 1.82) is 0 Å². The van der Waals surface area contributed by atoms with Crippen molar-refractivity contribution in [3.63, 3.8) is 0 Å². The fourth-order valence-corrected chi connectivity index (χ4v) is 3.63. The van der Waals surface area contributed by atoms with E-state index in [9.17, 15) is 0 Å². The van der Waals surface area contributed by atoms with Crippen LogP contribution in [-0.4, -0.2) is 7.11 Å². The van der Waals surface area contributed by atoms with Crippen LogP contribution in [-0.2, 0) is 6.42 Å². The van der Waals surface area contributed by atoms with Gasteiger partial charge in [0.05, 0.1) is 11.9 Å². The van der Waals surface area contributed by atoms with Crippen molar-refractivity contribution in [3.05, 3.63) is 51.2 Å². The molecule has 2 aromatic rings. The highest BCUT2D eigenvalue weighted by molar-refractivity contribution is 9.09. The molecule has 0 fully saturated rings. The van der Waals surface area contributed by atoms with E-state index in [1.165, 1.54) is 20.9 Å². The third-order valence-electron chi connectivity index (χ3n) is 3.07. The van der Waals surface area contributed by atoms with Crippen LogP contribution < -0.4 is 4.74 Å². The molecule has 0 N–H and O–H groups in total. The normalized spacial score (nSPS) is 12.4. The number of methoxy groups -OCH3 is 1. The molecule has 1 heterocycles. The molecular formula is C15H17BrOS. The number of thiophene rings is 1. The van der Waals surface area contributed by atoms with Crippen LogP contribution in [0.3, 0.4) is 0 Å². The number of alkyl halides is 1. The van der Waals surface area contributed by atoms with E-state index in [1.54, 1.807) is 7.11 Å². The summed E-state index contributed by atoms with van der Waals surface area (Å²) in [5.74, 6) is 0.910. The molecule has 0 bridgehead atoms. The molecule has 1 aromatic carbocycles. The van der Waals surface area contributed by atoms with Crippen LogP contribution in [0.2, 0.25) is 0 Å². The van der Waals surface area contributed by atoms with Gasteiger partial charge in [0.1, 0.15) is 5.75 Å². The summed E-state index contributed by atoms with van der Waals surface area (Å²) in [5.41, 5.74) is 2.70. The van der Waals surface area contributed by atoms with Gasteiger partial charge in [-0.3, -0.25) is 0 Å². The summed E-state index contributed by atoms with van der Waals surface area (Å²) in [4.78, 5) is 3.20. The fourth-order valence-electron chi connectivity index (χ4n) is 1.83. The highest BCUT2D eigenvalue weighted by atomic mass is 79.9. The summed E-state index contributed by atoms with van der Waals surface area (Å²) in [6, 6.07) is 10.6. The van der Waals surface area contributed by atoms with Crippen molar-refractivity contribution < 1.29 is 4.74 Å². The quantitative estimate of drug-likeness (QED) is 0.715. The minimum absolute atomic E-state index is 0.392. The first-order valence-electron chi connectivity index (χ1n) is 5.94. The van der Waals surface area contributed by atoms with Crippen LogP contribution in [0, 0.1) is 13.8 Å². The first-order chi connectivity index (χ1) is 8.60. The smallest absolute Gasteiger partial charge is 0.118 e. The molecule has 0 saturated heterocycles. The van der Waals surface area contributed by atoms with E-state index in [2.05, 4.69) is 48.0 Å². The van der Waals surface area contributed by atoms with Crippen molar-refractivity contribution in [2.75, 3.05) is 7.11 Å². The summed E-state index contributed by atoms with van der Waals surface area (Å²) in [7, 11) is 1.69. The molecule has 0 aliphatic carbocycles. The topological polar surface area (TPSA) is 9.23 Å². The van der Waals surface area contributed by atoms with E-state index in [0.29, 0.717) is 4.83 Å². The first-order valence-corrected chi connectivity index (χ1v) is 7.67. The first kappa shape index (κ1) is 13.6. The molecule has 0 radical (unpaired) electrons. The Labute approximate surface area is 121 Å². The van der Waals surface area contributed by atoms with E-state index >= 15 is 0 Å². The zero-order valence-electron chi connectivity index (χ0n) is 10.9. The average Bonchev–Trinajstić information content (AvgIpc) is 2.71. The lowest BCUT2D eigenvalue weighted by Gasteiger charge is -2.08. The highest BCUT2D eigenvalue weighted by Crippen LogP contribution is 2.34. The van der Waals surface area contributed by atoms with Crippen LogP contribution >= 0.6 is 27.3 Å². The highest BCUT2D eigenvalue weighted by Gasteiger charge is 2.12. The average molecular weight is 325 g/mol. The third-order valence-corrected chi connectivity index (χ3v) is 5.45. The van der Waals surface area contributed by atoms with E-state index in [-0.39, 0.29) is 0 Å². The molecule has 0 aliphatic rings. The molecule has 0 amide bonds. The van der Waals surface area contributed by atoms with Gasteiger partial charge in [0.25, 0.3) is 0 Å². The predicted molar refractivity (Wildman–Crippen MR) is 82.2 cm³/mol. The number of ether oxygens (including phenoxy) is 1. The Morgan fingerprint density at radius 2 is 1.89 bits per heavy atom. The molecule has 3 heteroatoms. The van der Waals surface area contributed by atoms with Gasteiger partial charge in [-0.2, -0.15) is 0 Å². The number of benzene rings is 1. The van der Waals surface area contributed by atoms with Crippen molar-refractivity contribution >= 4 is 27.3 Å². The molecule has 0 spiro atoms. The maximum Gasteiger partial charge on any atom is 0.118 e. The zero-order chi connectivity index (χ0) is 13.1. The fraction of sp³-hybridized carbons (Fsp3) is 0.333. The van der Waals surface area contributed by atoms with Gasteiger partial charge < -0.3 is 4.74 Å². The van der Waals surface area contributed by atoms with Crippen LogP contribution in [0.4, 0.5) is 0 Å². The van der Waals surface area contributed by atoms with Crippen LogP contribution in [0.5, 0.6) is 5.75 Å². The Morgan fingerprint density at radius 3 is 2.39 bits per heavy atom. The molecule has 2 rings (SSSR count). The Bertz CT molecular complexity index is 496. The van der Waals surface area contributed by atoms with Crippen LogP contribution in [0.15, 0.2) is 30.3 Å². The van der Waals surface area contributed by atoms with Crippen molar-refractivity contribution in [1.82, 2.24) is 0 Å². The lowest BCUT2D eigenvalue weighted by molar-refractivity contribution is 0.414. The minimum Gasteiger partial charge on any atom is -0.497 e. The lowest BCUT2D eigenvalue weighted by atomic mass is 10.1. The van der Waals surface area contributed by atoms with Crippen LogP contribution in [0.25, 0.3) is 0 Å². The van der Waals surface area contributed by atoms with Gasteiger partial charge in [-0.1, -0.05) is 28.1 Å². The molecule has 96 valence electrons. The Balaban J connectivity index is 2.08. The molecule has 0 saturated carbocycles. The minimum atomic E-state index is 0.392. The molecule has 18 heavy (non-hydrogen) atoms. The largest absolute Gasteiger partial charge is 0.497 e. The molecule has 1 unspecified atom stereocenters. The number of aryl methyl sites for hydroxylation is 2. The summed E-state index contributed by atoms with van der Waals surface area (Å²) in [6.45, 7) is 4.35. The van der Waals surface area contributed by atoms with Gasteiger partial charge in [-0.05, 0) is 49.6 Å². The molecule has 1 aromatic heterocycles. The van der Waals surface area contributed by atoms with Crippen LogP contribution in [0.1, 0.15) is 25.7 Å². The van der Waals surface area contributed by atoms with Gasteiger partial charge in [-0.15, -0.1) is 11.3 Å². The molecule has 1 atom stereocenters. The summed E-state index contributed by atoms with van der Waals surface area (Å²) in [5, 5.41) is 0. The SMILES string of the molecule is COc1ccc(CC(Br)c2cc(C)c(C)s2)cc1. The third kappa shape index (κ3) is 3.15. The Hall–Kier alpha value is -0.800. The van der Waals surface area contributed by atoms with Crippen molar-refractivity contribution in [2.24, 2.45) is 0 Å². The molecule has 1 nitrogen and oxygen atoms in total. The van der Waals surface area contributed by atoms with Gasteiger partial charge >= 0.3 is 0 Å². The second-order valence-electron chi connectivity index (χ2n) is 4.41. The summed E-state index contributed by atoms with van der Waals surface area (Å²) in [6.07, 6.45) is 1.00. The van der Waals surface area contributed by atoms with Crippen molar-refractivity contribution in [2.45, 2.75) is 25.1 Å².